The van der Waals surface area contributed by atoms with Crippen molar-refractivity contribution in [1.29, 1.82) is 0 Å². The number of hydrogen-bond acceptors (Lipinski definition) is 7. The number of nitrogens with zero attached hydrogens (tertiary/aromatic N) is 1. The first-order chi connectivity index (χ1) is 17.9. The summed E-state index contributed by atoms with van der Waals surface area (Å²) in [4.78, 5) is 25.4. The predicted octanol–water partition coefficient (Wildman–Crippen LogP) is 3.50. The van der Waals surface area contributed by atoms with E-state index in [0.29, 0.717) is 18.9 Å². The summed E-state index contributed by atoms with van der Waals surface area (Å²) in [6, 6.07) is 15.2. The van der Waals surface area contributed by atoms with E-state index in [1.165, 1.54) is 0 Å². The molecule has 2 fully saturated rings. The molecule has 200 valence electrons. The summed E-state index contributed by atoms with van der Waals surface area (Å²) in [7, 11) is 0. The van der Waals surface area contributed by atoms with Crippen LogP contribution in [-0.2, 0) is 30.4 Å². The second-order valence-electron chi connectivity index (χ2n) is 9.66. The topological polar surface area (TPSA) is 118 Å². The largest absolute Gasteiger partial charge is 0.481 e. The molecular formula is C28H36N2O7. The van der Waals surface area contributed by atoms with E-state index >= 15 is 0 Å². The number of benzene rings is 2. The number of amides is 1. The summed E-state index contributed by atoms with van der Waals surface area (Å²) < 4.78 is 18.5. The third-order valence-corrected chi connectivity index (χ3v) is 6.90. The number of aliphatic carboxylic acids is 1. The smallest absolute Gasteiger partial charge is 0.303 e. The number of anilines is 1. The van der Waals surface area contributed by atoms with Crippen LogP contribution < -0.4 is 5.32 Å². The fraction of sp³-hybridized carbons (Fsp3) is 0.500. The number of carbonyl (C=O) groups excluding carboxylic acids is 1. The van der Waals surface area contributed by atoms with Gasteiger partial charge in [-0.05, 0) is 29.7 Å². The summed E-state index contributed by atoms with van der Waals surface area (Å²) in [5, 5.41) is 21.1. The van der Waals surface area contributed by atoms with Gasteiger partial charge in [-0.1, -0.05) is 43.3 Å². The van der Waals surface area contributed by atoms with Crippen molar-refractivity contribution in [2.45, 2.75) is 51.3 Å². The van der Waals surface area contributed by atoms with Gasteiger partial charge in [0.1, 0.15) is 0 Å². The zero-order valence-electron chi connectivity index (χ0n) is 21.2. The Bertz CT molecular complexity index is 1040. The highest BCUT2D eigenvalue weighted by molar-refractivity contribution is 5.90. The number of carboxylic acid groups (broad SMARTS) is 1. The lowest BCUT2D eigenvalue weighted by atomic mass is 9.90. The molecule has 2 heterocycles. The summed E-state index contributed by atoms with van der Waals surface area (Å²) in [6.07, 6.45) is -0.555. The fourth-order valence-corrected chi connectivity index (χ4v) is 4.75. The predicted molar refractivity (Wildman–Crippen MR) is 137 cm³/mol. The lowest BCUT2D eigenvalue weighted by Crippen LogP contribution is -2.47. The third-order valence-electron chi connectivity index (χ3n) is 6.90. The molecule has 9 nitrogen and oxygen atoms in total. The highest BCUT2D eigenvalue weighted by atomic mass is 16.7. The summed E-state index contributed by atoms with van der Waals surface area (Å²) >= 11 is 0. The maximum atomic E-state index is 12.3. The lowest BCUT2D eigenvalue weighted by molar-refractivity contribution is -0.277. The highest BCUT2D eigenvalue weighted by Gasteiger charge is 2.39. The van der Waals surface area contributed by atoms with Crippen LogP contribution in [0.3, 0.4) is 0 Å². The zero-order valence-corrected chi connectivity index (χ0v) is 21.2. The van der Waals surface area contributed by atoms with E-state index in [-0.39, 0.29) is 49.9 Å². The van der Waals surface area contributed by atoms with Crippen LogP contribution in [0.5, 0.6) is 0 Å². The van der Waals surface area contributed by atoms with E-state index in [1.54, 1.807) is 6.07 Å². The van der Waals surface area contributed by atoms with Crippen LogP contribution in [0, 0.1) is 5.92 Å². The first kappa shape index (κ1) is 27.2. The van der Waals surface area contributed by atoms with Gasteiger partial charge < -0.3 is 29.7 Å². The number of rotatable bonds is 10. The number of ether oxygens (including phenoxy) is 3. The lowest BCUT2D eigenvalue weighted by Gasteiger charge is -2.43. The average molecular weight is 513 g/mol. The standard InChI is InChI=1S/C28H36N2O7/c1-19-24(17-30-12-14-35-15-13-30)36-28(37-27(19)21-10-8-20(18-31)9-11-21)22-4-2-5-23(16-22)29-25(32)6-3-7-26(33)34/h2,4-5,8-11,16,19,24,27-28,31H,3,6-7,12-15,17-18H2,1H3,(H,29,32)(H,33,34). The number of hydrogen-bond donors (Lipinski definition) is 3. The molecule has 37 heavy (non-hydrogen) atoms. The summed E-state index contributed by atoms with van der Waals surface area (Å²) in [5.41, 5.74) is 3.26. The minimum atomic E-state index is -0.914. The molecule has 2 saturated heterocycles. The highest BCUT2D eigenvalue weighted by Crippen LogP contribution is 2.42. The van der Waals surface area contributed by atoms with Crippen LogP contribution in [0.2, 0.25) is 0 Å². The van der Waals surface area contributed by atoms with Crippen LogP contribution in [0.15, 0.2) is 48.5 Å². The van der Waals surface area contributed by atoms with E-state index < -0.39 is 12.3 Å². The molecule has 2 aromatic rings. The number of morpholine rings is 1. The van der Waals surface area contributed by atoms with Crippen molar-refractivity contribution in [2.75, 3.05) is 38.2 Å². The minimum absolute atomic E-state index is 0.0123. The number of nitrogens with one attached hydrogen (secondary N) is 1. The average Bonchev–Trinajstić information content (AvgIpc) is 2.90. The van der Waals surface area contributed by atoms with Crippen LogP contribution >= 0.6 is 0 Å². The monoisotopic (exact) mass is 512 g/mol. The third kappa shape index (κ3) is 7.59. The number of carbonyl (C=O) groups is 2. The van der Waals surface area contributed by atoms with Crippen molar-refractivity contribution in [1.82, 2.24) is 4.90 Å². The van der Waals surface area contributed by atoms with E-state index in [0.717, 1.165) is 36.3 Å². The molecule has 2 aliphatic rings. The van der Waals surface area contributed by atoms with Gasteiger partial charge in [-0.3, -0.25) is 14.5 Å². The zero-order chi connectivity index (χ0) is 26.2. The van der Waals surface area contributed by atoms with Gasteiger partial charge >= 0.3 is 5.97 Å². The normalized spacial score (nSPS) is 24.5. The number of carboxylic acids is 1. The molecule has 4 atom stereocenters. The Morgan fingerprint density at radius 3 is 2.49 bits per heavy atom. The summed E-state index contributed by atoms with van der Waals surface area (Å²) in [5.74, 6) is -1.07. The Balaban J connectivity index is 1.51. The first-order valence-electron chi connectivity index (χ1n) is 12.8. The van der Waals surface area contributed by atoms with Gasteiger partial charge in [0.25, 0.3) is 0 Å². The van der Waals surface area contributed by atoms with E-state index in [2.05, 4.69) is 17.1 Å². The molecule has 0 aromatic heterocycles. The van der Waals surface area contributed by atoms with Crippen LogP contribution in [0.4, 0.5) is 5.69 Å². The molecule has 0 radical (unpaired) electrons. The van der Waals surface area contributed by atoms with Gasteiger partial charge in [-0.15, -0.1) is 0 Å². The van der Waals surface area contributed by atoms with Crippen LogP contribution in [0.1, 0.15) is 55.3 Å². The molecule has 4 rings (SSSR count). The number of aliphatic hydroxyl groups is 1. The molecule has 2 aliphatic heterocycles. The second-order valence-corrected chi connectivity index (χ2v) is 9.66. The van der Waals surface area contributed by atoms with E-state index in [4.69, 9.17) is 19.3 Å². The van der Waals surface area contributed by atoms with Crippen molar-refractivity contribution in [3.8, 4) is 0 Å². The quantitative estimate of drug-likeness (QED) is 0.443. The molecule has 2 aromatic carbocycles. The molecule has 4 unspecified atom stereocenters. The Hall–Kier alpha value is -2.82. The molecule has 0 saturated carbocycles. The van der Waals surface area contributed by atoms with Crippen LogP contribution in [-0.4, -0.2) is 65.9 Å². The van der Waals surface area contributed by atoms with E-state index in [1.807, 2.05) is 42.5 Å². The molecule has 0 spiro atoms. The van der Waals surface area contributed by atoms with Crippen molar-refractivity contribution < 1.29 is 34.0 Å². The molecular weight excluding hydrogens is 476 g/mol. The van der Waals surface area contributed by atoms with Gasteiger partial charge in [0.05, 0.1) is 32.0 Å². The molecule has 1 amide bonds. The second kappa shape index (κ2) is 13.1. The molecule has 3 N–H and O–H groups in total. The van der Waals surface area contributed by atoms with Gasteiger partial charge in [0.15, 0.2) is 6.29 Å². The Labute approximate surface area is 217 Å². The SMILES string of the molecule is CC1C(CN2CCOCC2)OC(c2cccc(NC(=O)CCCC(=O)O)c2)OC1c1ccc(CO)cc1. The van der Waals surface area contributed by atoms with Gasteiger partial charge in [-0.2, -0.15) is 0 Å². The van der Waals surface area contributed by atoms with Gasteiger partial charge in [0, 0.05) is 49.6 Å². The van der Waals surface area contributed by atoms with Crippen molar-refractivity contribution in [3.63, 3.8) is 0 Å². The maximum Gasteiger partial charge on any atom is 0.303 e. The Morgan fingerprint density at radius 1 is 1.03 bits per heavy atom. The Kier molecular flexibility index (Phi) is 9.65. The fourth-order valence-electron chi connectivity index (χ4n) is 4.75. The molecule has 9 heteroatoms. The maximum absolute atomic E-state index is 12.3. The van der Waals surface area contributed by atoms with Crippen molar-refractivity contribution >= 4 is 17.6 Å². The minimum Gasteiger partial charge on any atom is -0.481 e. The number of aliphatic hydroxyl groups excluding tert-OH is 1. The Morgan fingerprint density at radius 2 is 1.78 bits per heavy atom. The molecule has 0 bridgehead atoms. The van der Waals surface area contributed by atoms with E-state index in [9.17, 15) is 14.7 Å². The van der Waals surface area contributed by atoms with Crippen molar-refractivity contribution in [3.05, 3.63) is 65.2 Å². The van der Waals surface area contributed by atoms with Crippen LogP contribution in [0.25, 0.3) is 0 Å². The first-order valence-corrected chi connectivity index (χ1v) is 12.8. The summed E-state index contributed by atoms with van der Waals surface area (Å²) in [6.45, 7) is 6.02. The van der Waals surface area contributed by atoms with Crippen molar-refractivity contribution in [2.24, 2.45) is 5.92 Å². The van der Waals surface area contributed by atoms with Gasteiger partial charge in [-0.25, -0.2) is 0 Å². The van der Waals surface area contributed by atoms with Gasteiger partial charge in [0.2, 0.25) is 5.91 Å². The molecule has 0 aliphatic carbocycles.